The number of amides is 1. The van der Waals surface area contributed by atoms with Crippen LogP contribution in [0.3, 0.4) is 0 Å². The molecule has 4 heteroatoms. The van der Waals surface area contributed by atoms with Gasteiger partial charge < -0.3 is 4.90 Å². The highest BCUT2D eigenvalue weighted by atomic mass is 16.2. The van der Waals surface area contributed by atoms with Gasteiger partial charge in [-0.05, 0) is 44.2 Å². The van der Waals surface area contributed by atoms with E-state index < -0.39 is 0 Å². The minimum absolute atomic E-state index is 0.176. The number of carbonyl (C=O) groups is 1. The Balaban J connectivity index is 1.65. The van der Waals surface area contributed by atoms with Gasteiger partial charge in [-0.3, -0.25) is 4.79 Å². The van der Waals surface area contributed by atoms with E-state index in [1.807, 2.05) is 11.0 Å². The predicted molar refractivity (Wildman–Crippen MR) is 90.9 cm³/mol. The van der Waals surface area contributed by atoms with E-state index >= 15 is 0 Å². The molecule has 0 N–H and O–H groups in total. The second-order valence-electron chi connectivity index (χ2n) is 6.45. The number of piperidine rings is 1. The lowest BCUT2D eigenvalue weighted by Crippen LogP contribution is -2.39. The van der Waals surface area contributed by atoms with Gasteiger partial charge in [0.25, 0.3) is 0 Å². The standard InChI is InChI=1S/C19H23N3O/c1-14-5-7-17(8-6-14)19-10-9-18(20-21-19)12-16-4-3-11-22(13-16)15(2)23/h5-10,16H,3-4,11-13H2,1-2H3. The lowest BCUT2D eigenvalue weighted by atomic mass is 9.93. The maximum atomic E-state index is 11.5. The number of nitrogens with zero attached hydrogens (tertiary/aromatic N) is 3. The normalized spacial score (nSPS) is 18.0. The molecule has 1 fully saturated rings. The Labute approximate surface area is 137 Å². The van der Waals surface area contributed by atoms with E-state index in [9.17, 15) is 4.79 Å². The van der Waals surface area contributed by atoms with Crippen LogP contribution in [0, 0.1) is 12.8 Å². The maximum absolute atomic E-state index is 11.5. The van der Waals surface area contributed by atoms with Gasteiger partial charge >= 0.3 is 0 Å². The van der Waals surface area contributed by atoms with Crippen molar-refractivity contribution in [1.29, 1.82) is 0 Å². The van der Waals surface area contributed by atoms with Gasteiger partial charge in [0.15, 0.2) is 0 Å². The van der Waals surface area contributed by atoms with Gasteiger partial charge in [-0.25, -0.2) is 0 Å². The number of carbonyl (C=O) groups excluding carboxylic acids is 1. The first-order valence-electron chi connectivity index (χ1n) is 8.27. The van der Waals surface area contributed by atoms with E-state index in [0.717, 1.165) is 49.3 Å². The number of likely N-dealkylation sites (tertiary alicyclic amines) is 1. The molecule has 1 atom stereocenters. The van der Waals surface area contributed by atoms with Crippen LogP contribution in [-0.2, 0) is 11.2 Å². The Morgan fingerprint density at radius 3 is 2.61 bits per heavy atom. The van der Waals surface area contributed by atoms with Crippen LogP contribution >= 0.6 is 0 Å². The van der Waals surface area contributed by atoms with Crippen LogP contribution in [0.15, 0.2) is 36.4 Å². The zero-order valence-electron chi connectivity index (χ0n) is 13.8. The first-order chi connectivity index (χ1) is 11.1. The molecular formula is C19H23N3O. The van der Waals surface area contributed by atoms with Crippen molar-refractivity contribution in [3.8, 4) is 11.3 Å². The molecule has 0 spiro atoms. The minimum atomic E-state index is 0.176. The molecule has 23 heavy (non-hydrogen) atoms. The SMILES string of the molecule is CC(=O)N1CCCC(Cc2ccc(-c3ccc(C)cc3)nn2)C1. The van der Waals surface area contributed by atoms with Crippen LogP contribution in [0.4, 0.5) is 0 Å². The third-order valence-corrected chi connectivity index (χ3v) is 4.53. The fourth-order valence-electron chi connectivity index (χ4n) is 3.16. The van der Waals surface area contributed by atoms with Crippen LogP contribution in [0.1, 0.15) is 31.0 Å². The van der Waals surface area contributed by atoms with E-state index in [2.05, 4.69) is 47.5 Å². The van der Waals surface area contributed by atoms with Gasteiger partial charge in [-0.1, -0.05) is 29.8 Å². The monoisotopic (exact) mass is 309 g/mol. The summed E-state index contributed by atoms with van der Waals surface area (Å²) in [5.74, 6) is 0.669. The third kappa shape index (κ3) is 3.95. The largest absolute Gasteiger partial charge is 0.343 e. The maximum Gasteiger partial charge on any atom is 0.219 e. The highest BCUT2D eigenvalue weighted by Crippen LogP contribution is 2.21. The Kier molecular flexibility index (Phi) is 4.70. The van der Waals surface area contributed by atoms with Crippen molar-refractivity contribution in [3.05, 3.63) is 47.7 Å². The van der Waals surface area contributed by atoms with Crippen molar-refractivity contribution in [2.45, 2.75) is 33.1 Å². The van der Waals surface area contributed by atoms with Crippen LogP contribution in [-0.4, -0.2) is 34.1 Å². The molecule has 0 radical (unpaired) electrons. The highest BCUT2D eigenvalue weighted by Gasteiger charge is 2.22. The van der Waals surface area contributed by atoms with Crippen molar-refractivity contribution < 1.29 is 4.79 Å². The first-order valence-corrected chi connectivity index (χ1v) is 8.27. The molecule has 1 amide bonds. The smallest absolute Gasteiger partial charge is 0.219 e. The van der Waals surface area contributed by atoms with Crippen molar-refractivity contribution in [2.75, 3.05) is 13.1 Å². The molecule has 3 rings (SSSR count). The summed E-state index contributed by atoms with van der Waals surface area (Å²) in [6, 6.07) is 12.4. The molecular weight excluding hydrogens is 286 g/mol. The van der Waals surface area contributed by atoms with E-state index in [0.29, 0.717) is 5.92 Å². The topological polar surface area (TPSA) is 46.1 Å². The van der Waals surface area contributed by atoms with E-state index in [1.54, 1.807) is 6.92 Å². The van der Waals surface area contributed by atoms with E-state index in [-0.39, 0.29) is 5.91 Å². The summed E-state index contributed by atoms with van der Waals surface area (Å²) in [5, 5.41) is 8.76. The summed E-state index contributed by atoms with van der Waals surface area (Å²) in [4.78, 5) is 13.5. The Morgan fingerprint density at radius 1 is 1.17 bits per heavy atom. The molecule has 1 saturated heterocycles. The highest BCUT2D eigenvalue weighted by molar-refractivity contribution is 5.73. The predicted octanol–water partition coefficient (Wildman–Crippen LogP) is 3.25. The average molecular weight is 309 g/mol. The summed E-state index contributed by atoms with van der Waals surface area (Å²) in [6.07, 6.45) is 3.13. The molecule has 1 unspecified atom stereocenters. The molecule has 0 bridgehead atoms. The molecule has 1 aromatic heterocycles. The lowest BCUT2D eigenvalue weighted by Gasteiger charge is -2.31. The van der Waals surface area contributed by atoms with Crippen molar-refractivity contribution in [3.63, 3.8) is 0 Å². The van der Waals surface area contributed by atoms with Crippen molar-refractivity contribution in [2.24, 2.45) is 5.92 Å². The number of aryl methyl sites for hydroxylation is 1. The molecule has 120 valence electrons. The van der Waals surface area contributed by atoms with Crippen LogP contribution in [0.2, 0.25) is 0 Å². The minimum Gasteiger partial charge on any atom is -0.343 e. The summed E-state index contributed by atoms with van der Waals surface area (Å²) in [6.45, 7) is 5.46. The van der Waals surface area contributed by atoms with E-state index in [4.69, 9.17) is 0 Å². The fraction of sp³-hybridized carbons (Fsp3) is 0.421. The second-order valence-corrected chi connectivity index (χ2v) is 6.45. The quantitative estimate of drug-likeness (QED) is 0.874. The molecule has 2 aromatic rings. The molecule has 1 aliphatic rings. The Bertz CT molecular complexity index is 664. The molecule has 2 heterocycles. The van der Waals surface area contributed by atoms with Crippen molar-refractivity contribution in [1.82, 2.24) is 15.1 Å². The summed E-state index contributed by atoms with van der Waals surface area (Å²) < 4.78 is 0. The van der Waals surface area contributed by atoms with Crippen LogP contribution < -0.4 is 0 Å². The van der Waals surface area contributed by atoms with Gasteiger partial charge in [0.05, 0.1) is 11.4 Å². The zero-order chi connectivity index (χ0) is 16.2. The lowest BCUT2D eigenvalue weighted by molar-refractivity contribution is -0.130. The summed E-state index contributed by atoms with van der Waals surface area (Å²) in [5.41, 5.74) is 4.25. The molecule has 1 aliphatic heterocycles. The summed E-state index contributed by atoms with van der Waals surface area (Å²) >= 11 is 0. The van der Waals surface area contributed by atoms with Gasteiger partial charge in [-0.15, -0.1) is 0 Å². The van der Waals surface area contributed by atoms with Gasteiger partial charge in [0.1, 0.15) is 0 Å². The fourth-order valence-corrected chi connectivity index (χ4v) is 3.16. The second kappa shape index (κ2) is 6.90. The number of aromatic nitrogens is 2. The van der Waals surface area contributed by atoms with Gasteiger partial charge in [-0.2, -0.15) is 10.2 Å². The third-order valence-electron chi connectivity index (χ3n) is 4.53. The zero-order valence-corrected chi connectivity index (χ0v) is 13.8. The molecule has 0 aliphatic carbocycles. The number of hydrogen-bond acceptors (Lipinski definition) is 3. The van der Waals surface area contributed by atoms with Gasteiger partial charge in [0.2, 0.25) is 5.91 Å². The number of rotatable bonds is 3. The van der Waals surface area contributed by atoms with Crippen molar-refractivity contribution >= 4 is 5.91 Å². The molecule has 1 aromatic carbocycles. The Morgan fingerprint density at radius 2 is 1.96 bits per heavy atom. The number of hydrogen-bond donors (Lipinski definition) is 0. The average Bonchev–Trinajstić information content (AvgIpc) is 2.57. The van der Waals surface area contributed by atoms with E-state index in [1.165, 1.54) is 5.56 Å². The Hall–Kier alpha value is -2.23. The van der Waals surface area contributed by atoms with Crippen LogP contribution in [0.25, 0.3) is 11.3 Å². The summed E-state index contributed by atoms with van der Waals surface area (Å²) in [7, 11) is 0. The number of benzene rings is 1. The molecule has 0 saturated carbocycles. The van der Waals surface area contributed by atoms with Crippen LogP contribution in [0.5, 0.6) is 0 Å². The molecule has 4 nitrogen and oxygen atoms in total. The first kappa shape index (κ1) is 15.7. The van der Waals surface area contributed by atoms with Gasteiger partial charge in [0, 0.05) is 25.6 Å².